The monoisotopic (exact) mass is 318 g/mol. The van der Waals surface area contributed by atoms with Gasteiger partial charge in [0.1, 0.15) is 5.54 Å². The number of amides is 1. The molecule has 1 amide bonds. The van der Waals surface area contributed by atoms with E-state index in [-0.39, 0.29) is 18.3 Å². The number of hydrogen-bond acceptors (Lipinski definition) is 4. The Morgan fingerprint density at radius 1 is 1.26 bits per heavy atom. The lowest BCUT2D eigenvalue weighted by molar-refractivity contribution is -0.153. The average Bonchev–Trinajstić information content (AvgIpc) is 2.52. The number of nitrogens with zero attached hydrogens (tertiary/aromatic N) is 1. The van der Waals surface area contributed by atoms with Gasteiger partial charge in [-0.05, 0) is 44.9 Å². The minimum atomic E-state index is -0.892. The van der Waals surface area contributed by atoms with Gasteiger partial charge in [-0.3, -0.25) is 4.79 Å². The largest absolute Gasteiger partial charge is 0.467 e. The van der Waals surface area contributed by atoms with E-state index in [1.807, 2.05) is 33.0 Å². The zero-order valence-electron chi connectivity index (χ0n) is 14.4. The maximum absolute atomic E-state index is 12.5. The Morgan fingerprint density at radius 3 is 2.48 bits per heavy atom. The molecule has 0 aromatic heterocycles. The molecule has 1 fully saturated rings. The van der Waals surface area contributed by atoms with Crippen LogP contribution in [-0.2, 0) is 20.7 Å². The van der Waals surface area contributed by atoms with Crippen molar-refractivity contribution < 1.29 is 14.3 Å². The highest BCUT2D eigenvalue weighted by Crippen LogP contribution is 2.23. The molecule has 5 heteroatoms. The van der Waals surface area contributed by atoms with Crippen molar-refractivity contribution in [2.45, 2.75) is 38.6 Å². The van der Waals surface area contributed by atoms with E-state index in [1.165, 1.54) is 12.7 Å². The Hall–Kier alpha value is -1.88. The molecule has 0 aliphatic carbocycles. The van der Waals surface area contributed by atoms with E-state index in [9.17, 15) is 9.59 Å². The summed E-state index contributed by atoms with van der Waals surface area (Å²) in [6.45, 7) is 5.56. The van der Waals surface area contributed by atoms with Crippen molar-refractivity contribution >= 4 is 11.9 Å². The smallest absolute Gasteiger partial charge is 0.331 e. The maximum atomic E-state index is 12.5. The Balaban J connectivity index is 2.10. The van der Waals surface area contributed by atoms with Gasteiger partial charge in [0.15, 0.2) is 0 Å². The first-order valence-electron chi connectivity index (χ1n) is 8.00. The molecule has 2 rings (SSSR count). The van der Waals surface area contributed by atoms with Gasteiger partial charge in [-0.25, -0.2) is 4.79 Å². The fourth-order valence-corrected chi connectivity index (χ4v) is 3.10. The summed E-state index contributed by atoms with van der Waals surface area (Å²) >= 11 is 0. The van der Waals surface area contributed by atoms with E-state index in [2.05, 4.69) is 16.3 Å². The van der Waals surface area contributed by atoms with Crippen LogP contribution in [0.25, 0.3) is 0 Å². The van der Waals surface area contributed by atoms with Gasteiger partial charge in [-0.1, -0.05) is 23.8 Å². The Bertz CT molecular complexity index is 590. The topological polar surface area (TPSA) is 58.6 Å². The van der Waals surface area contributed by atoms with Gasteiger partial charge in [0.05, 0.1) is 13.5 Å². The first-order valence-corrected chi connectivity index (χ1v) is 8.00. The number of carbonyl (C=O) groups is 2. The van der Waals surface area contributed by atoms with Crippen LogP contribution in [0.2, 0.25) is 0 Å². The maximum Gasteiger partial charge on any atom is 0.331 e. The van der Waals surface area contributed by atoms with E-state index >= 15 is 0 Å². The molecule has 0 radical (unpaired) electrons. The predicted molar refractivity (Wildman–Crippen MR) is 89.2 cm³/mol. The first kappa shape index (κ1) is 17.5. The number of nitrogens with one attached hydrogen (secondary N) is 1. The summed E-state index contributed by atoms with van der Waals surface area (Å²) in [6.07, 6.45) is 1.43. The molecule has 126 valence electrons. The SMILES string of the molecule is COC(=O)C1(NC(=O)Cc2ccc(C)cc2C)CCN(C)CC1. The third kappa shape index (κ3) is 4.10. The van der Waals surface area contributed by atoms with Crippen LogP contribution >= 0.6 is 0 Å². The summed E-state index contributed by atoms with van der Waals surface area (Å²) in [4.78, 5) is 26.9. The average molecular weight is 318 g/mol. The quantitative estimate of drug-likeness (QED) is 0.857. The van der Waals surface area contributed by atoms with Crippen LogP contribution in [0.5, 0.6) is 0 Å². The lowest BCUT2D eigenvalue weighted by Gasteiger charge is -2.38. The van der Waals surface area contributed by atoms with Crippen LogP contribution < -0.4 is 5.32 Å². The van der Waals surface area contributed by atoms with E-state index < -0.39 is 5.54 Å². The molecular weight excluding hydrogens is 292 g/mol. The highest BCUT2D eigenvalue weighted by Gasteiger charge is 2.43. The zero-order chi connectivity index (χ0) is 17.0. The minimum absolute atomic E-state index is 0.132. The van der Waals surface area contributed by atoms with Crippen LogP contribution in [0.15, 0.2) is 18.2 Å². The van der Waals surface area contributed by atoms with Gasteiger partial charge in [-0.15, -0.1) is 0 Å². The van der Waals surface area contributed by atoms with Crippen molar-refractivity contribution in [3.8, 4) is 0 Å². The highest BCUT2D eigenvalue weighted by atomic mass is 16.5. The third-order valence-corrected chi connectivity index (χ3v) is 4.64. The predicted octanol–water partition coefficient (Wildman–Crippen LogP) is 1.60. The second-order valence-corrected chi connectivity index (χ2v) is 6.53. The third-order valence-electron chi connectivity index (χ3n) is 4.64. The Kier molecular flexibility index (Phi) is 5.42. The first-order chi connectivity index (χ1) is 10.9. The number of benzene rings is 1. The summed E-state index contributed by atoms with van der Waals surface area (Å²) in [5, 5.41) is 2.95. The molecule has 1 heterocycles. The Labute approximate surface area is 138 Å². The van der Waals surface area contributed by atoms with Crippen LogP contribution in [0.1, 0.15) is 29.5 Å². The number of carbonyl (C=O) groups excluding carboxylic acids is 2. The van der Waals surface area contributed by atoms with Crippen molar-refractivity contribution in [2.75, 3.05) is 27.2 Å². The van der Waals surface area contributed by atoms with Crippen LogP contribution in [0.4, 0.5) is 0 Å². The fourth-order valence-electron chi connectivity index (χ4n) is 3.10. The number of rotatable bonds is 4. The normalized spacial score (nSPS) is 17.6. The van der Waals surface area contributed by atoms with Gasteiger partial charge >= 0.3 is 5.97 Å². The number of piperidine rings is 1. The van der Waals surface area contributed by atoms with Crippen LogP contribution in [-0.4, -0.2) is 49.6 Å². The van der Waals surface area contributed by atoms with E-state index in [0.717, 1.165) is 24.2 Å². The molecule has 1 aliphatic heterocycles. The second kappa shape index (κ2) is 7.13. The summed E-state index contributed by atoms with van der Waals surface area (Å²) in [5.41, 5.74) is 2.36. The minimum Gasteiger partial charge on any atom is -0.467 e. The summed E-state index contributed by atoms with van der Waals surface area (Å²) in [6, 6.07) is 6.04. The van der Waals surface area contributed by atoms with Crippen molar-refractivity contribution in [1.29, 1.82) is 0 Å². The summed E-state index contributed by atoms with van der Waals surface area (Å²) in [7, 11) is 3.39. The molecule has 1 aromatic carbocycles. The van der Waals surface area contributed by atoms with Gasteiger partial charge < -0.3 is 15.0 Å². The molecular formula is C18H26N2O3. The molecule has 1 aromatic rings. The number of likely N-dealkylation sites (tertiary alicyclic amines) is 1. The number of ether oxygens (including phenoxy) is 1. The zero-order valence-corrected chi connectivity index (χ0v) is 14.4. The second-order valence-electron chi connectivity index (χ2n) is 6.53. The highest BCUT2D eigenvalue weighted by molar-refractivity contribution is 5.89. The van der Waals surface area contributed by atoms with Crippen LogP contribution in [0, 0.1) is 13.8 Å². The molecule has 1 aliphatic rings. The van der Waals surface area contributed by atoms with Gasteiger partial charge in [0, 0.05) is 13.1 Å². The molecule has 1 N–H and O–H groups in total. The summed E-state index contributed by atoms with van der Waals surface area (Å²) < 4.78 is 4.95. The molecule has 0 bridgehead atoms. The molecule has 0 unspecified atom stereocenters. The molecule has 0 atom stereocenters. The number of esters is 1. The molecule has 0 saturated carbocycles. The van der Waals surface area contributed by atoms with Crippen molar-refractivity contribution in [3.05, 3.63) is 34.9 Å². The number of aryl methyl sites for hydroxylation is 2. The molecule has 0 spiro atoms. The number of hydrogen-bond donors (Lipinski definition) is 1. The van der Waals surface area contributed by atoms with Gasteiger partial charge in [0.25, 0.3) is 0 Å². The van der Waals surface area contributed by atoms with Crippen molar-refractivity contribution in [1.82, 2.24) is 10.2 Å². The Morgan fingerprint density at radius 2 is 1.91 bits per heavy atom. The summed E-state index contributed by atoms with van der Waals surface area (Å²) in [5.74, 6) is -0.480. The lowest BCUT2D eigenvalue weighted by Crippen LogP contribution is -2.60. The van der Waals surface area contributed by atoms with E-state index in [0.29, 0.717) is 12.8 Å². The van der Waals surface area contributed by atoms with Crippen LogP contribution in [0.3, 0.4) is 0 Å². The van der Waals surface area contributed by atoms with E-state index in [4.69, 9.17) is 4.74 Å². The molecule has 1 saturated heterocycles. The van der Waals surface area contributed by atoms with Crippen molar-refractivity contribution in [3.63, 3.8) is 0 Å². The van der Waals surface area contributed by atoms with Gasteiger partial charge in [-0.2, -0.15) is 0 Å². The van der Waals surface area contributed by atoms with Crippen molar-refractivity contribution in [2.24, 2.45) is 0 Å². The molecule has 23 heavy (non-hydrogen) atoms. The lowest BCUT2D eigenvalue weighted by atomic mass is 9.87. The standard InChI is InChI=1S/C18H26N2O3/c1-13-5-6-15(14(2)11-13)12-16(21)19-18(17(22)23-4)7-9-20(3)10-8-18/h5-6,11H,7-10,12H2,1-4H3,(H,19,21). The number of methoxy groups -OCH3 is 1. The van der Waals surface area contributed by atoms with Gasteiger partial charge in [0.2, 0.25) is 5.91 Å². The van der Waals surface area contributed by atoms with E-state index in [1.54, 1.807) is 0 Å². The fraction of sp³-hybridized carbons (Fsp3) is 0.556. The molecule has 5 nitrogen and oxygen atoms in total.